The number of ether oxygens (including phenoxy) is 1. The lowest BCUT2D eigenvalue weighted by molar-refractivity contribution is 0.103. The standard InChI is InChI=1S/C18H16O2S/c1-18(19,14-7-4-6-12-9-10-20-17(12)14)16-11-13-5-2-3-8-15(13)21-16/h2-8,11,19H,9-10H2,1H3. The average molecular weight is 296 g/mol. The third-order valence-electron chi connectivity index (χ3n) is 4.14. The number of rotatable bonds is 2. The molecule has 0 saturated carbocycles. The molecule has 3 aromatic rings. The van der Waals surface area contributed by atoms with Gasteiger partial charge in [0.15, 0.2) is 0 Å². The van der Waals surface area contributed by atoms with Crippen molar-refractivity contribution in [2.75, 3.05) is 6.61 Å². The summed E-state index contributed by atoms with van der Waals surface area (Å²) >= 11 is 1.64. The van der Waals surface area contributed by atoms with Gasteiger partial charge in [0, 0.05) is 21.6 Å². The molecule has 1 aliphatic rings. The molecule has 1 unspecified atom stereocenters. The summed E-state index contributed by atoms with van der Waals surface area (Å²) in [6.45, 7) is 2.56. The second-order valence-corrected chi connectivity index (χ2v) is 6.70. The van der Waals surface area contributed by atoms with Gasteiger partial charge in [-0.3, -0.25) is 0 Å². The summed E-state index contributed by atoms with van der Waals surface area (Å²) < 4.78 is 6.95. The number of thiophene rings is 1. The molecule has 0 amide bonds. The zero-order valence-corrected chi connectivity index (χ0v) is 12.6. The van der Waals surface area contributed by atoms with Crippen LogP contribution in [0.2, 0.25) is 0 Å². The van der Waals surface area contributed by atoms with Crippen molar-refractivity contribution >= 4 is 21.4 Å². The molecule has 2 nitrogen and oxygen atoms in total. The molecule has 2 heterocycles. The smallest absolute Gasteiger partial charge is 0.129 e. The van der Waals surface area contributed by atoms with Gasteiger partial charge in [0.2, 0.25) is 0 Å². The zero-order chi connectivity index (χ0) is 14.4. The van der Waals surface area contributed by atoms with Crippen molar-refractivity contribution in [1.29, 1.82) is 0 Å². The Hall–Kier alpha value is -1.84. The minimum atomic E-state index is -1.03. The van der Waals surface area contributed by atoms with E-state index in [1.54, 1.807) is 11.3 Å². The van der Waals surface area contributed by atoms with Crippen LogP contribution in [0.3, 0.4) is 0 Å². The van der Waals surface area contributed by atoms with Crippen LogP contribution in [-0.4, -0.2) is 11.7 Å². The number of hydrogen-bond acceptors (Lipinski definition) is 3. The Morgan fingerprint density at radius 1 is 1.14 bits per heavy atom. The molecule has 0 spiro atoms. The van der Waals surface area contributed by atoms with E-state index in [4.69, 9.17) is 4.74 Å². The van der Waals surface area contributed by atoms with E-state index in [2.05, 4.69) is 24.3 Å². The Labute approximate surface area is 127 Å². The van der Waals surface area contributed by atoms with E-state index in [1.165, 1.54) is 15.6 Å². The molecule has 0 radical (unpaired) electrons. The van der Waals surface area contributed by atoms with Crippen LogP contribution in [0.4, 0.5) is 0 Å². The quantitative estimate of drug-likeness (QED) is 0.771. The van der Waals surface area contributed by atoms with Crippen molar-refractivity contribution in [1.82, 2.24) is 0 Å². The molecule has 21 heavy (non-hydrogen) atoms. The van der Waals surface area contributed by atoms with E-state index in [0.29, 0.717) is 6.61 Å². The molecular weight excluding hydrogens is 280 g/mol. The Bertz CT molecular complexity index is 784. The number of para-hydroxylation sites is 1. The molecular formula is C18H16O2S. The lowest BCUT2D eigenvalue weighted by Crippen LogP contribution is -2.22. The third-order valence-corrected chi connectivity index (χ3v) is 5.47. The summed E-state index contributed by atoms with van der Waals surface area (Å²) in [4.78, 5) is 0.951. The van der Waals surface area contributed by atoms with Gasteiger partial charge in [-0.15, -0.1) is 11.3 Å². The van der Waals surface area contributed by atoms with E-state index in [0.717, 1.165) is 22.6 Å². The number of hydrogen-bond donors (Lipinski definition) is 1. The van der Waals surface area contributed by atoms with Gasteiger partial charge in [-0.1, -0.05) is 36.4 Å². The molecule has 1 atom stereocenters. The van der Waals surface area contributed by atoms with Crippen LogP contribution < -0.4 is 4.74 Å². The molecule has 1 aromatic heterocycles. The van der Waals surface area contributed by atoms with Gasteiger partial charge < -0.3 is 9.84 Å². The van der Waals surface area contributed by atoms with Crippen molar-refractivity contribution in [3.8, 4) is 5.75 Å². The monoisotopic (exact) mass is 296 g/mol. The summed E-state index contributed by atoms with van der Waals surface area (Å²) in [6, 6.07) is 16.3. The molecule has 3 heteroatoms. The van der Waals surface area contributed by atoms with Crippen LogP contribution >= 0.6 is 11.3 Å². The highest BCUT2D eigenvalue weighted by molar-refractivity contribution is 7.19. The average Bonchev–Trinajstić information content (AvgIpc) is 3.13. The van der Waals surface area contributed by atoms with E-state index >= 15 is 0 Å². The van der Waals surface area contributed by atoms with E-state index in [1.807, 2.05) is 31.2 Å². The molecule has 4 rings (SSSR count). The highest BCUT2D eigenvalue weighted by atomic mass is 32.1. The largest absolute Gasteiger partial charge is 0.493 e. The fourth-order valence-electron chi connectivity index (χ4n) is 2.95. The number of aliphatic hydroxyl groups is 1. The normalized spacial score (nSPS) is 16.5. The van der Waals surface area contributed by atoms with E-state index in [-0.39, 0.29) is 0 Å². The lowest BCUT2D eigenvalue weighted by atomic mass is 9.91. The Morgan fingerprint density at radius 2 is 2.00 bits per heavy atom. The minimum Gasteiger partial charge on any atom is -0.493 e. The van der Waals surface area contributed by atoms with Crippen LogP contribution in [0, 0.1) is 0 Å². The van der Waals surface area contributed by atoms with Gasteiger partial charge >= 0.3 is 0 Å². The van der Waals surface area contributed by atoms with Gasteiger partial charge in [-0.2, -0.15) is 0 Å². The van der Waals surface area contributed by atoms with Gasteiger partial charge in [-0.05, 0) is 30.0 Å². The zero-order valence-electron chi connectivity index (χ0n) is 11.8. The van der Waals surface area contributed by atoms with Crippen LogP contribution in [0.25, 0.3) is 10.1 Å². The Balaban J connectivity index is 1.88. The molecule has 2 aromatic carbocycles. The SMILES string of the molecule is CC(O)(c1cc2ccccc2s1)c1cccc2c1OCC2. The molecule has 0 aliphatic carbocycles. The summed E-state index contributed by atoms with van der Waals surface area (Å²) in [5.74, 6) is 0.861. The first kappa shape index (κ1) is 12.9. The maximum atomic E-state index is 11.2. The van der Waals surface area contributed by atoms with Crippen LogP contribution in [0.5, 0.6) is 5.75 Å². The van der Waals surface area contributed by atoms with Crippen LogP contribution in [0.1, 0.15) is 22.9 Å². The van der Waals surface area contributed by atoms with Crippen molar-refractivity contribution in [2.24, 2.45) is 0 Å². The topological polar surface area (TPSA) is 29.5 Å². The third kappa shape index (κ3) is 1.96. The van der Waals surface area contributed by atoms with Gasteiger partial charge in [0.25, 0.3) is 0 Å². The minimum absolute atomic E-state index is 0.703. The van der Waals surface area contributed by atoms with Gasteiger partial charge in [0.1, 0.15) is 11.4 Å². The van der Waals surface area contributed by atoms with Crippen LogP contribution in [-0.2, 0) is 12.0 Å². The Morgan fingerprint density at radius 3 is 2.86 bits per heavy atom. The highest BCUT2D eigenvalue weighted by Crippen LogP contribution is 2.43. The van der Waals surface area contributed by atoms with Gasteiger partial charge in [-0.25, -0.2) is 0 Å². The van der Waals surface area contributed by atoms with E-state index < -0.39 is 5.60 Å². The maximum absolute atomic E-state index is 11.2. The van der Waals surface area contributed by atoms with Gasteiger partial charge in [0.05, 0.1) is 6.61 Å². The number of fused-ring (bicyclic) bond motifs is 2. The van der Waals surface area contributed by atoms with Crippen molar-refractivity contribution < 1.29 is 9.84 Å². The second-order valence-electron chi connectivity index (χ2n) is 5.61. The highest BCUT2D eigenvalue weighted by Gasteiger charge is 2.33. The first-order chi connectivity index (χ1) is 10.2. The fourth-order valence-corrected chi connectivity index (χ4v) is 4.08. The second kappa shape index (κ2) is 4.58. The predicted molar refractivity (Wildman–Crippen MR) is 86.1 cm³/mol. The molecule has 0 saturated heterocycles. The predicted octanol–water partition coefficient (Wildman–Crippen LogP) is 4.09. The first-order valence-corrected chi connectivity index (χ1v) is 7.94. The summed E-state index contributed by atoms with van der Waals surface area (Å²) in [5, 5.41) is 12.3. The maximum Gasteiger partial charge on any atom is 0.129 e. The summed E-state index contributed by atoms with van der Waals surface area (Å²) in [7, 11) is 0. The van der Waals surface area contributed by atoms with Crippen LogP contribution in [0.15, 0.2) is 48.5 Å². The molecule has 1 N–H and O–H groups in total. The lowest BCUT2D eigenvalue weighted by Gasteiger charge is -2.24. The summed E-state index contributed by atoms with van der Waals surface area (Å²) in [5.41, 5.74) is 1.03. The molecule has 106 valence electrons. The molecule has 0 fully saturated rings. The molecule has 0 bridgehead atoms. The van der Waals surface area contributed by atoms with Crippen molar-refractivity contribution in [3.05, 3.63) is 64.5 Å². The van der Waals surface area contributed by atoms with Crippen molar-refractivity contribution in [3.63, 3.8) is 0 Å². The van der Waals surface area contributed by atoms with E-state index in [9.17, 15) is 5.11 Å². The Kier molecular flexibility index (Phi) is 2.81. The van der Waals surface area contributed by atoms with Crippen molar-refractivity contribution in [2.45, 2.75) is 18.9 Å². The fraction of sp³-hybridized carbons (Fsp3) is 0.222. The summed E-state index contributed by atoms with van der Waals surface area (Å²) in [6.07, 6.45) is 0.922. The number of benzene rings is 2. The molecule has 1 aliphatic heterocycles. The first-order valence-electron chi connectivity index (χ1n) is 7.13.